The molecule has 0 radical (unpaired) electrons. The van der Waals surface area contributed by atoms with Crippen LogP contribution in [0.1, 0.15) is 90.2 Å². The van der Waals surface area contributed by atoms with Crippen molar-refractivity contribution in [3.8, 4) is 20.9 Å². The first kappa shape index (κ1) is 54.6. The normalized spacial score (nSPS) is 19.0. The van der Waals surface area contributed by atoms with Gasteiger partial charge in [-0.1, -0.05) is 145 Å². The van der Waals surface area contributed by atoms with Gasteiger partial charge in [0.1, 0.15) is 0 Å². The van der Waals surface area contributed by atoms with Crippen LogP contribution in [0.25, 0.3) is 32.0 Å². The molecule has 8 rings (SSSR count). The summed E-state index contributed by atoms with van der Waals surface area (Å²) in [5.74, 6) is -16.2. The lowest BCUT2D eigenvalue weighted by molar-refractivity contribution is -0.254. The van der Waals surface area contributed by atoms with E-state index in [1.54, 1.807) is 0 Å². The Labute approximate surface area is 435 Å². The number of rotatable bonds is 13. The molecule has 0 amide bonds. The molecule has 0 aliphatic heterocycles. The Hall–Kier alpha value is -3.65. The van der Waals surface area contributed by atoms with Gasteiger partial charge in [0.2, 0.25) is 0 Å². The van der Waals surface area contributed by atoms with Crippen molar-refractivity contribution >= 4 is 67.6 Å². The van der Waals surface area contributed by atoms with Gasteiger partial charge in [-0.05, 0) is 127 Å². The summed E-state index contributed by atoms with van der Waals surface area (Å²) in [6.45, 7) is 31.8. The number of thiophene rings is 2. The van der Waals surface area contributed by atoms with Crippen molar-refractivity contribution in [1.82, 2.24) is 0 Å². The average molecular weight is 1090 g/mol. The zero-order chi connectivity index (χ0) is 53.0. The molecule has 4 aromatic carbocycles. The Morgan fingerprint density at radius 1 is 0.472 bits per heavy atom. The van der Waals surface area contributed by atoms with E-state index in [1.165, 1.54) is 34.8 Å². The van der Waals surface area contributed by atoms with Crippen molar-refractivity contribution < 1.29 is 38.7 Å². The lowest BCUT2D eigenvalue weighted by Gasteiger charge is -2.43. The summed E-state index contributed by atoms with van der Waals surface area (Å²) in [7, 11) is -9.61. The van der Waals surface area contributed by atoms with Crippen molar-refractivity contribution in [2.45, 2.75) is 147 Å². The molecule has 384 valence electrons. The molecular formula is C57H68F6O3S2Si4. The van der Waals surface area contributed by atoms with Gasteiger partial charge in [-0.25, -0.2) is 0 Å². The zero-order valence-electron chi connectivity index (χ0n) is 44.2. The van der Waals surface area contributed by atoms with Crippen LogP contribution in [0.4, 0.5) is 26.3 Å². The number of hydrogen-bond acceptors (Lipinski definition) is 5. The second-order valence-corrected chi connectivity index (χ2v) is 43.6. The Balaban J connectivity index is 1.38. The van der Waals surface area contributed by atoms with E-state index in [2.05, 4.69) is 100 Å². The van der Waals surface area contributed by atoms with Gasteiger partial charge in [-0.15, -0.1) is 22.7 Å². The van der Waals surface area contributed by atoms with Crippen LogP contribution in [0.5, 0.6) is 0 Å². The van der Waals surface area contributed by atoms with E-state index < -0.39 is 68.1 Å². The zero-order valence-corrected chi connectivity index (χ0v) is 49.8. The van der Waals surface area contributed by atoms with Gasteiger partial charge >= 0.3 is 26.6 Å². The monoisotopic (exact) mass is 1090 g/mol. The van der Waals surface area contributed by atoms with E-state index in [4.69, 9.17) is 12.3 Å². The standard InChI is InChI=1S/C57H68F6O3S2Si4/c1-52(2,3)40-27-25-39(26-28-40)47-36-45-49-48(55(58,59)57(62,63)56(49,60)61)44-35-46(38-23-21-37(22-24-38)33-34-72(64-69(7,8)9,65-70(10,11)12)66-71(13,14)15)67-50(44)54(51(45)68-47,42-19-17-16-18-20-42)43-31-29-41(30-32-43)53(4,5)6/h16-32,35-36H,33-34H2,1-15H3. The molecule has 0 saturated heterocycles. The molecular weight excluding hydrogens is 1020 g/mol. The third-order valence-electron chi connectivity index (χ3n) is 13.1. The van der Waals surface area contributed by atoms with Crippen LogP contribution in [0.3, 0.4) is 0 Å². The number of fused-ring (bicyclic) bond motifs is 4. The summed E-state index contributed by atoms with van der Waals surface area (Å²) in [6.07, 6.45) is 0.587. The fraction of sp³-hybridized carbons (Fsp3) is 0.404. The molecule has 2 aliphatic rings. The molecule has 3 nitrogen and oxygen atoms in total. The van der Waals surface area contributed by atoms with Gasteiger partial charge in [0.15, 0.2) is 25.0 Å². The van der Waals surface area contributed by atoms with E-state index in [0.717, 1.165) is 16.7 Å². The molecule has 2 aromatic heterocycles. The van der Waals surface area contributed by atoms with Gasteiger partial charge in [-0.3, -0.25) is 0 Å². The molecule has 2 aliphatic carbocycles. The summed E-state index contributed by atoms with van der Waals surface area (Å²) < 4.78 is 122. The number of allylic oxidation sites excluding steroid dienone is 2. The highest BCUT2D eigenvalue weighted by molar-refractivity contribution is 7.18. The van der Waals surface area contributed by atoms with Gasteiger partial charge < -0.3 is 12.3 Å². The van der Waals surface area contributed by atoms with E-state index in [-0.39, 0.29) is 31.7 Å². The first-order chi connectivity index (χ1) is 33.0. The first-order valence-electron chi connectivity index (χ1n) is 24.7. The van der Waals surface area contributed by atoms with Crippen molar-refractivity contribution in [3.05, 3.63) is 164 Å². The van der Waals surface area contributed by atoms with Gasteiger partial charge in [0, 0.05) is 47.8 Å². The molecule has 1 atom stereocenters. The number of aryl methyl sites for hydroxylation is 1. The van der Waals surface area contributed by atoms with Crippen molar-refractivity contribution in [2.75, 3.05) is 0 Å². The third kappa shape index (κ3) is 10.00. The van der Waals surface area contributed by atoms with Gasteiger partial charge in [0.25, 0.3) is 0 Å². The molecule has 0 saturated carbocycles. The molecule has 72 heavy (non-hydrogen) atoms. The van der Waals surface area contributed by atoms with E-state index in [9.17, 15) is 0 Å². The van der Waals surface area contributed by atoms with Crippen LogP contribution < -0.4 is 0 Å². The Morgan fingerprint density at radius 2 is 0.833 bits per heavy atom. The molecule has 2 heterocycles. The largest absolute Gasteiger partial charge is 0.469 e. The Kier molecular flexibility index (Phi) is 13.9. The molecule has 0 fully saturated rings. The number of alkyl halides is 6. The molecule has 1 unspecified atom stereocenters. The molecule has 0 N–H and O–H groups in total. The number of hydrogen-bond donors (Lipinski definition) is 0. The smallest absolute Gasteiger partial charge is 0.417 e. The minimum atomic E-state index is -5.73. The van der Waals surface area contributed by atoms with Crippen molar-refractivity contribution in [2.24, 2.45) is 0 Å². The molecule has 15 heteroatoms. The fourth-order valence-corrected chi connectivity index (χ4v) is 27.5. The lowest BCUT2D eigenvalue weighted by atomic mass is 9.69. The fourth-order valence-electron chi connectivity index (χ4n) is 10.0. The summed E-state index contributed by atoms with van der Waals surface area (Å²) in [5, 5.41) is 0. The van der Waals surface area contributed by atoms with Gasteiger partial charge in [0.05, 0.1) is 5.41 Å². The number of benzene rings is 4. The van der Waals surface area contributed by atoms with Crippen LogP contribution in [-0.2, 0) is 35.0 Å². The molecule has 0 spiro atoms. The minimum Gasteiger partial charge on any atom is -0.417 e. The average Bonchev–Trinajstić information content (AvgIpc) is 3.89. The maximum absolute atomic E-state index is 17.1. The topological polar surface area (TPSA) is 27.7 Å². The van der Waals surface area contributed by atoms with Crippen LogP contribution in [-0.4, -0.2) is 51.5 Å². The summed E-state index contributed by atoms with van der Waals surface area (Å²) in [5.41, 5.74) is 0.321. The predicted molar refractivity (Wildman–Crippen MR) is 298 cm³/mol. The second-order valence-electron chi connectivity index (χ2n) is 24.5. The van der Waals surface area contributed by atoms with E-state index in [0.29, 0.717) is 44.5 Å². The SMILES string of the molecule is CC(C)(C)c1ccc(-c2cc3c(s2)C(c2ccccc2)(c2ccc(C(C)(C)C)cc2)c2sc(-c4ccc(CC[Si](O[Si](C)(C)C)(O[Si](C)(C)C)O[Si](C)(C)C)cc4)cc2C2=C3C(F)(F)C(F)(F)C2(F)F)cc1. The Bertz CT molecular complexity index is 2950. The van der Waals surface area contributed by atoms with Crippen LogP contribution in [0.2, 0.25) is 65.0 Å². The predicted octanol–water partition coefficient (Wildman–Crippen LogP) is 18.3. The third-order valence-corrected chi connectivity index (χ3v) is 27.7. The summed E-state index contributed by atoms with van der Waals surface area (Å²) >= 11 is 2.37. The van der Waals surface area contributed by atoms with Gasteiger partial charge in [-0.2, -0.15) is 26.3 Å². The minimum absolute atomic E-state index is 0.191. The molecule has 0 bridgehead atoms. The van der Waals surface area contributed by atoms with Crippen molar-refractivity contribution in [3.63, 3.8) is 0 Å². The van der Waals surface area contributed by atoms with Crippen LogP contribution in [0, 0.1) is 0 Å². The first-order valence-corrected chi connectivity index (χ1v) is 38.5. The highest BCUT2D eigenvalue weighted by atomic mass is 32.1. The van der Waals surface area contributed by atoms with Crippen LogP contribution in [0.15, 0.2) is 115 Å². The second kappa shape index (κ2) is 18.3. The van der Waals surface area contributed by atoms with E-state index >= 15 is 26.3 Å². The van der Waals surface area contributed by atoms with E-state index in [1.807, 2.05) is 103 Å². The quantitative estimate of drug-likeness (QED) is 0.0852. The molecule has 6 aromatic rings. The highest BCUT2D eigenvalue weighted by Crippen LogP contribution is 2.70. The summed E-state index contributed by atoms with van der Waals surface area (Å²) in [6, 6.07) is 36.0. The number of halogens is 6. The summed E-state index contributed by atoms with van der Waals surface area (Å²) in [4.78, 5) is 1.51. The Morgan fingerprint density at radius 3 is 1.21 bits per heavy atom. The van der Waals surface area contributed by atoms with Crippen LogP contribution >= 0.6 is 22.7 Å². The highest BCUT2D eigenvalue weighted by Gasteiger charge is 2.81. The lowest BCUT2D eigenvalue weighted by Crippen LogP contribution is -2.60. The maximum atomic E-state index is 17.1. The van der Waals surface area contributed by atoms with Crippen molar-refractivity contribution in [1.29, 1.82) is 0 Å². The maximum Gasteiger partial charge on any atom is 0.469 e.